The Kier molecular flexibility index (Phi) is 7.03. The van der Waals surface area contributed by atoms with Crippen LogP contribution >= 0.6 is 0 Å². The van der Waals surface area contributed by atoms with Gasteiger partial charge in [-0.1, -0.05) is 6.07 Å². The van der Waals surface area contributed by atoms with Crippen molar-refractivity contribution >= 4 is 29.7 Å². The standard InChI is InChI=1S/C19H26N4O6/c1-19(2,3)29-18(27)23-14(5-4-8-21-17(20)26)15(24)22-12-7-6-11-10-28-16(25)13(11)9-12/h6-7,9,14H,4-5,8,10H2,1-3H3,(H,22,24)(H,23,27)(H3,20,21,26)/t14-/m0/s1. The molecule has 0 spiro atoms. The first-order chi connectivity index (χ1) is 13.5. The highest BCUT2D eigenvalue weighted by Gasteiger charge is 2.26. The lowest BCUT2D eigenvalue weighted by atomic mass is 10.1. The summed E-state index contributed by atoms with van der Waals surface area (Å²) in [4.78, 5) is 47.3. The quantitative estimate of drug-likeness (QED) is 0.399. The van der Waals surface area contributed by atoms with E-state index in [9.17, 15) is 19.2 Å². The largest absolute Gasteiger partial charge is 0.457 e. The molecule has 10 heteroatoms. The Bertz CT molecular complexity index is 802. The minimum Gasteiger partial charge on any atom is -0.457 e. The van der Waals surface area contributed by atoms with Gasteiger partial charge in [-0.2, -0.15) is 0 Å². The van der Waals surface area contributed by atoms with Crippen LogP contribution in [0, 0.1) is 0 Å². The Morgan fingerprint density at radius 1 is 1.28 bits per heavy atom. The van der Waals surface area contributed by atoms with Gasteiger partial charge in [0.2, 0.25) is 5.91 Å². The SMILES string of the molecule is CC(C)(C)OC(=O)N[C@@H](CCCNC(N)=O)C(=O)Nc1ccc2c(c1)C(=O)OC2. The summed E-state index contributed by atoms with van der Waals surface area (Å²) in [6, 6.07) is 3.29. The number of fused-ring (bicyclic) bond motifs is 1. The molecule has 2 rings (SSSR count). The van der Waals surface area contributed by atoms with Crippen molar-refractivity contribution in [3.05, 3.63) is 29.3 Å². The fourth-order valence-electron chi connectivity index (χ4n) is 2.66. The van der Waals surface area contributed by atoms with Crippen LogP contribution in [0.25, 0.3) is 0 Å². The minimum atomic E-state index is -0.917. The van der Waals surface area contributed by atoms with Crippen LogP contribution in [0.5, 0.6) is 0 Å². The van der Waals surface area contributed by atoms with Crippen LogP contribution in [0.3, 0.4) is 0 Å². The molecule has 1 aromatic carbocycles. The van der Waals surface area contributed by atoms with Crippen LogP contribution in [0.15, 0.2) is 18.2 Å². The summed E-state index contributed by atoms with van der Waals surface area (Å²) in [5.74, 6) is -0.932. The van der Waals surface area contributed by atoms with Gasteiger partial charge in [-0.3, -0.25) is 4.79 Å². The van der Waals surface area contributed by atoms with Gasteiger partial charge in [-0.05, 0) is 45.7 Å². The van der Waals surface area contributed by atoms with Crippen LogP contribution < -0.4 is 21.7 Å². The first kappa shape index (κ1) is 22.0. The molecule has 0 saturated heterocycles. The fourth-order valence-corrected chi connectivity index (χ4v) is 2.66. The number of amides is 4. The highest BCUT2D eigenvalue weighted by atomic mass is 16.6. The zero-order valence-electron chi connectivity index (χ0n) is 16.7. The number of alkyl carbamates (subject to hydrolysis) is 1. The van der Waals surface area contributed by atoms with Crippen molar-refractivity contribution in [2.24, 2.45) is 5.73 Å². The van der Waals surface area contributed by atoms with Crippen LogP contribution in [-0.2, 0) is 20.9 Å². The van der Waals surface area contributed by atoms with E-state index in [0.717, 1.165) is 5.56 Å². The lowest BCUT2D eigenvalue weighted by molar-refractivity contribution is -0.118. The number of nitrogens with two attached hydrogens (primary N) is 1. The zero-order valence-corrected chi connectivity index (χ0v) is 16.7. The summed E-state index contributed by atoms with van der Waals surface area (Å²) < 4.78 is 10.2. The summed E-state index contributed by atoms with van der Waals surface area (Å²) in [6.07, 6.45) is -0.107. The van der Waals surface area contributed by atoms with Crippen LogP contribution in [0.2, 0.25) is 0 Å². The molecule has 0 unspecified atom stereocenters. The molecule has 1 aromatic rings. The van der Waals surface area contributed by atoms with Gasteiger partial charge in [0.1, 0.15) is 18.2 Å². The number of benzene rings is 1. The van der Waals surface area contributed by atoms with Gasteiger partial charge in [-0.25, -0.2) is 14.4 Å². The summed E-state index contributed by atoms with van der Waals surface area (Å²) in [7, 11) is 0. The third-order valence-electron chi connectivity index (χ3n) is 3.93. The van der Waals surface area contributed by atoms with Gasteiger partial charge in [-0.15, -0.1) is 0 Å². The van der Waals surface area contributed by atoms with E-state index >= 15 is 0 Å². The molecule has 1 heterocycles. The number of urea groups is 1. The van der Waals surface area contributed by atoms with Crippen molar-refractivity contribution in [2.75, 3.05) is 11.9 Å². The molecule has 29 heavy (non-hydrogen) atoms. The number of ether oxygens (including phenoxy) is 2. The number of carbonyl (C=O) groups is 4. The maximum atomic E-state index is 12.7. The highest BCUT2D eigenvalue weighted by Crippen LogP contribution is 2.23. The van der Waals surface area contributed by atoms with Crippen LogP contribution in [0.4, 0.5) is 15.3 Å². The minimum absolute atomic E-state index is 0.206. The molecule has 5 N–H and O–H groups in total. The van der Waals surface area contributed by atoms with E-state index in [1.807, 2.05) is 0 Å². The molecule has 0 aromatic heterocycles. The number of esters is 1. The van der Waals surface area contributed by atoms with Crippen molar-refractivity contribution in [3.63, 3.8) is 0 Å². The van der Waals surface area contributed by atoms with E-state index in [2.05, 4.69) is 16.0 Å². The topological polar surface area (TPSA) is 149 Å². The molecule has 158 valence electrons. The van der Waals surface area contributed by atoms with Gasteiger partial charge >= 0.3 is 18.1 Å². The molecular formula is C19H26N4O6. The molecule has 0 fully saturated rings. The number of hydrogen-bond acceptors (Lipinski definition) is 6. The van der Waals surface area contributed by atoms with E-state index in [-0.39, 0.29) is 19.6 Å². The number of nitrogens with one attached hydrogen (secondary N) is 3. The lowest BCUT2D eigenvalue weighted by Crippen LogP contribution is -2.46. The number of primary amides is 1. The van der Waals surface area contributed by atoms with Crippen molar-refractivity contribution in [1.82, 2.24) is 10.6 Å². The Morgan fingerprint density at radius 3 is 2.66 bits per heavy atom. The van der Waals surface area contributed by atoms with E-state index < -0.39 is 35.6 Å². The molecule has 4 amide bonds. The molecule has 0 bridgehead atoms. The average molecular weight is 406 g/mol. The van der Waals surface area contributed by atoms with Gasteiger partial charge in [0.05, 0.1) is 5.56 Å². The molecule has 10 nitrogen and oxygen atoms in total. The van der Waals surface area contributed by atoms with E-state index in [1.165, 1.54) is 6.07 Å². The number of anilines is 1. The summed E-state index contributed by atoms with van der Waals surface area (Å²) in [5, 5.41) is 7.64. The highest BCUT2D eigenvalue weighted by molar-refractivity contribution is 5.99. The first-order valence-corrected chi connectivity index (χ1v) is 9.19. The summed E-state index contributed by atoms with van der Waals surface area (Å²) in [6.45, 7) is 5.59. The Balaban J connectivity index is 2.04. The summed E-state index contributed by atoms with van der Waals surface area (Å²) in [5.41, 5.74) is 5.84. The Morgan fingerprint density at radius 2 is 2.00 bits per heavy atom. The third-order valence-corrected chi connectivity index (χ3v) is 3.93. The number of hydrogen-bond donors (Lipinski definition) is 4. The van der Waals surface area contributed by atoms with Crippen LogP contribution in [0.1, 0.15) is 49.5 Å². The molecule has 1 atom stereocenters. The van der Waals surface area contributed by atoms with Gasteiger partial charge in [0, 0.05) is 17.8 Å². The second-order valence-corrected chi connectivity index (χ2v) is 7.57. The third kappa shape index (κ3) is 6.98. The molecular weight excluding hydrogens is 380 g/mol. The van der Waals surface area contributed by atoms with Gasteiger partial charge < -0.3 is 31.2 Å². The molecule has 0 saturated carbocycles. The number of rotatable bonds is 7. The molecule has 1 aliphatic heterocycles. The first-order valence-electron chi connectivity index (χ1n) is 9.19. The Labute approximate surface area is 168 Å². The number of carbonyl (C=O) groups excluding carboxylic acids is 4. The van der Waals surface area contributed by atoms with Crippen molar-refractivity contribution in [3.8, 4) is 0 Å². The van der Waals surface area contributed by atoms with E-state index in [4.69, 9.17) is 15.2 Å². The normalized spacial score (nSPS) is 13.7. The maximum absolute atomic E-state index is 12.7. The summed E-state index contributed by atoms with van der Waals surface area (Å²) >= 11 is 0. The smallest absolute Gasteiger partial charge is 0.408 e. The lowest BCUT2D eigenvalue weighted by Gasteiger charge is -2.23. The van der Waals surface area contributed by atoms with Crippen molar-refractivity contribution < 1.29 is 28.7 Å². The predicted molar refractivity (Wildman–Crippen MR) is 104 cm³/mol. The second-order valence-electron chi connectivity index (χ2n) is 7.57. The second kappa shape index (κ2) is 9.26. The van der Waals surface area contributed by atoms with Gasteiger partial charge in [0.15, 0.2) is 0 Å². The van der Waals surface area contributed by atoms with E-state index in [0.29, 0.717) is 17.7 Å². The molecule has 0 aliphatic carbocycles. The molecule has 0 radical (unpaired) electrons. The maximum Gasteiger partial charge on any atom is 0.408 e. The van der Waals surface area contributed by atoms with Crippen molar-refractivity contribution in [1.29, 1.82) is 0 Å². The van der Waals surface area contributed by atoms with Gasteiger partial charge in [0.25, 0.3) is 0 Å². The van der Waals surface area contributed by atoms with Crippen molar-refractivity contribution in [2.45, 2.75) is 51.9 Å². The van der Waals surface area contributed by atoms with E-state index in [1.54, 1.807) is 32.9 Å². The average Bonchev–Trinajstić information content (AvgIpc) is 2.96. The fraction of sp³-hybridized carbons (Fsp3) is 0.474. The Hall–Kier alpha value is -3.30. The van der Waals surface area contributed by atoms with Crippen LogP contribution in [-0.4, -0.2) is 42.2 Å². The molecule has 1 aliphatic rings. The monoisotopic (exact) mass is 406 g/mol. The number of cyclic esters (lactones) is 1. The predicted octanol–water partition coefficient (Wildman–Crippen LogP) is 1.64. The zero-order chi connectivity index (χ0) is 21.6.